The molecule has 0 saturated carbocycles. The number of rotatable bonds is 4. The lowest BCUT2D eigenvalue weighted by atomic mass is 10.0. The van der Waals surface area contributed by atoms with Crippen LogP contribution in [-0.2, 0) is 10.0 Å². The SMILES string of the molecule is COc1ccccc1C1CNCCN1S(=O)(=O)c1ccc(F)cc1. The minimum absolute atomic E-state index is 0.0886. The molecule has 0 spiro atoms. The van der Waals surface area contributed by atoms with E-state index in [1.54, 1.807) is 7.11 Å². The van der Waals surface area contributed by atoms with Crippen LogP contribution in [-0.4, -0.2) is 39.5 Å². The third-order valence-electron chi connectivity index (χ3n) is 4.11. The van der Waals surface area contributed by atoms with Crippen LogP contribution in [0.15, 0.2) is 53.4 Å². The Bertz CT molecular complexity index is 809. The summed E-state index contributed by atoms with van der Waals surface area (Å²) in [6.45, 7) is 1.38. The van der Waals surface area contributed by atoms with Crippen LogP contribution in [0.5, 0.6) is 5.75 Å². The van der Waals surface area contributed by atoms with Crippen LogP contribution in [0, 0.1) is 5.82 Å². The summed E-state index contributed by atoms with van der Waals surface area (Å²) < 4.78 is 46.0. The van der Waals surface area contributed by atoms with Crippen LogP contribution < -0.4 is 10.1 Å². The average Bonchev–Trinajstić information content (AvgIpc) is 2.62. The van der Waals surface area contributed by atoms with Gasteiger partial charge in [-0.2, -0.15) is 4.31 Å². The highest BCUT2D eigenvalue weighted by atomic mass is 32.2. The molecule has 1 aliphatic rings. The standard InChI is InChI=1S/C17H19FN2O3S/c1-23-17-5-3-2-4-15(17)16-12-19-10-11-20(16)24(21,22)14-8-6-13(18)7-9-14/h2-9,16,19H,10-12H2,1H3. The summed E-state index contributed by atoms with van der Waals surface area (Å²) >= 11 is 0. The van der Waals surface area contributed by atoms with Gasteiger partial charge in [0.2, 0.25) is 10.0 Å². The first-order valence-corrected chi connectivity index (χ1v) is 9.09. The highest BCUT2D eigenvalue weighted by molar-refractivity contribution is 7.89. The van der Waals surface area contributed by atoms with Gasteiger partial charge in [-0.3, -0.25) is 0 Å². The highest BCUT2D eigenvalue weighted by Gasteiger charge is 2.35. The number of hydrogen-bond donors (Lipinski definition) is 1. The zero-order valence-corrected chi connectivity index (χ0v) is 14.1. The minimum atomic E-state index is -3.73. The molecule has 1 saturated heterocycles. The molecule has 0 radical (unpaired) electrons. The zero-order chi connectivity index (χ0) is 17.2. The summed E-state index contributed by atoms with van der Waals surface area (Å²) in [7, 11) is -2.17. The van der Waals surface area contributed by atoms with Crippen molar-refractivity contribution < 1.29 is 17.5 Å². The quantitative estimate of drug-likeness (QED) is 0.918. The fourth-order valence-corrected chi connectivity index (χ4v) is 4.53. The summed E-state index contributed by atoms with van der Waals surface area (Å²) in [5.74, 6) is 0.182. The molecular formula is C17H19FN2O3S. The van der Waals surface area contributed by atoms with E-state index in [0.717, 1.165) is 17.7 Å². The number of hydrogen-bond acceptors (Lipinski definition) is 4. The normalized spacial score (nSPS) is 19.2. The topological polar surface area (TPSA) is 58.6 Å². The third-order valence-corrected chi connectivity index (χ3v) is 6.03. The van der Waals surface area contributed by atoms with Crippen molar-refractivity contribution in [3.8, 4) is 5.75 Å². The Kier molecular flexibility index (Phi) is 4.84. The van der Waals surface area contributed by atoms with E-state index in [4.69, 9.17) is 4.74 Å². The number of sulfonamides is 1. The van der Waals surface area contributed by atoms with Gasteiger partial charge in [0.15, 0.2) is 0 Å². The van der Waals surface area contributed by atoms with Crippen molar-refractivity contribution in [1.29, 1.82) is 0 Å². The zero-order valence-electron chi connectivity index (χ0n) is 13.3. The van der Waals surface area contributed by atoms with E-state index >= 15 is 0 Å². The first kappa shape index (κ1) is 16.9. The maximum Gasteiger partial charge on any atom is 0.243 e. The van der Waals surface area contributed by atoms with Gasteiger partial charge in [-0.15, -0.1) is 0 Å². The van der Waals surface area contributed by atoms with Gasteiger partial charge in [0.25, 0.3) is 0 Å². The largest absolute Gasteiger partial charge is 0.496 e. The second kappa shape index (κ2) is 6.88. The molecule has 0 bridgehead atoms. The Morgan fingerprint density at radius 1 is 1.17 bits per heavy atom. The van der Waals surface area contributed by atoms with Gasteiger partial charge in [-0.1, -0.05) is 18.2 Å². The van der Waals surface area contributed by atoms with E-state index in [0.29, 0.717) is 25.4 Å². The van der Waals surface area contributed by atoms with E-state index in [1.165, 1.54) is 16.4 Å². The van der Waals surface area contributed by atoms with Gasteiger partial charge in [0.05, 0.1) is 18.0 Å². The van der Waals surface area contributed by atoms with Gasteiger partial charge in [0.1, 0.15) is 11.6 Å². The number of methoxy groups -OCH3 is 1. The molecular weight excluding hydrogens is 331 g/mol. The predicted molar refractivity (Wildman–Crippen MR) is 88.9 cm³/mol. The van der Waals surface area contributed by atoms with E-state index in [1.807, 2.05) is 24.3 Å². The molecule has 24 heavy (non-hydrogen) atoms. The molecule has 2 aromatic rings. The minimum Gasteiger partial charge on any atom is -0.496 e. The second-order valence-electron chi connectivity index (χ2n) is 5.53. The van der Waals surface area contributed by atoms with Crippen LogP contribution in [0.25, 0.3) is 0 Å². The Balaban J connectivity index is 2.02. The Morgan fingerprint density at radius 3 is 2.58 bits per heavy atom. The third kappa shape index (κ3) is 3.15. The average molecular weight is 350 g/mol. The Hall–Kier alpha value is -1.96. The van der Waals surface area contributed by atoms with Crippen molar-refractivity contribution in [2.24, 2.45) is 0 Å². The number of halogens is 1. The van der Waals surface area contributed by atoms with E-state index in [-0.39, 0.29) is 10.9 Å². The lowest BCUT2D eigenvalue weighted by Crippen LogP contribution is -2.48. The monoisotopic (exact) mass is 350 g/mol. The van der Waals surface area contributed by atoms with Crippen LogP contribution in [0.3, 0.4) is 0 Å². The van der Waals surface area contributed by atoms with E-state index in [9.17, 15) is 12.8 Å². The first-order chi connectivity index (χ1) is 11.5. The molecule has 1 fully saturated rings. The smallest absolute Gasteiger partial charge is 0.243 e. The van der Waals surface area contributed by atoms with E-state index < -0.39 is 15.8 Å². The summed E-state index contributed by atoms with van der Waals surface area (Å²) in [6.07, 6.45) is 0. The van der Waals surface area contributed by atoms with Crippen LogP contribution in [0.1, 0.15) is 11.6 Å². The number of nitrogens with zero attached hydrogens (tertiary/aromatic N) is 1. The number of ether oxygens (including phenoxy) is 1. The fraction of sp³-hybridized carbons (Fsp3) is 0.294. The first-order valence-electron chi connectivity index (χ1n) is 7.65. The maximum absolute atomic E-state index is 13.1. The highest BCUT2D eigenvalue weighted by Crippen LogP contribution is 2.33. The molecule has 0 aliphatic carbocycles. The van der Waals surface area contributed by atoms with Crippen LogP contribution in [0.4, 0.5) is 4.39 Å². The molecule has 0 amide bonds. The second-order valence-corrected chi connectivity index (χ2v) is 7.42. The molecule has 7 heteroatoms. The summed E-state index contributed by atoms with van der Waals surface area (Å²) in [6, 6.07) is 11.9. The summed E-state index contributed by atoms with van der Waals surface area (Å²) in [5.41, 5.74) is 0.804. The molecule has 128 valence electrons. The molecule has 5 nitrogen and oxygen atoms in total. The van der Waals surface area contributed by atoms with Gasteiger partial charge in [0, 0.05) is 25.2 Å². The molecule has 1 unspecified atom stereocenters. The Morgan fingerprint density at radius 2 is 1.88 bits per heavy atom. The van der Waals surface area contributed by atoms with Crippen molar-refractivity contribution in [1.82, 2.24) is 9.62 Å². The maximum atomic E-state index is 13.1. The van der Waals surface area contributed by atoms with E-state index in [2.05, 4.69) is 5.32 Å². The Labute approximate surface area is 141 Å². The molecule has 2 aromatic carbocycles. The van der Waals surface area contributed by atoms with Crippen molar-refractivity contribution in [2.75, 3.05) is 26.7 Å². The fourth-order valence-electron chi connectivity index (χ4n) is 2.92. The van der Waals surface area contributed by atoms with Gasteiger partial charge >= 0.3 is 0 Å². The van der Waals surface area contributed by atoms with Crippen molar-refractivity contribution >= 4 is 10.0 Å². The lowest BCUT2D eigenvalue weighted by Gasteiger charge is -2.36. The van der Waals surface area contributed by atoms with Crippen molar-refractivity contribution in [3.63, 3.8) is 0 Å². The summed E-state index contributed by atoms with van der Waals surface area (Å²) in [5, 5.41) is 3.23. The predicted octanol–water partition coefficient (Wildman–Crippen LogP) is 2.17. The number of benzene rings is 2. The summed E-state index contributed by atoms with van der Waals surface area (Å²) in [4.78, 5) is 0.0886. The lowest BCUT2D eigenvalue weighted by molar-refractivity contribution is 0.264. The number of para-hydroxylation sites is 1. The number of nitrogens with one attached hydrogen (secondary N) is 1. The van der Waals surface area contributed by atoms with Crippen molar-refractivity contribution in [2.45, 2.75) is 10.9 Å². The molecule has 3 rings (SSSR count). The van der Waals surface area contributed by atoms with Crippen LogP contribution in [0.2, 0.25) is 0 Å². The van der Waals surface area contributed by atoms with Gasteiger partial charge in [-0.25, -0.2) is 12.8 Å². The van der Waals surface area contributed by atoms with Crippen molar-refractivity contribution in [3.05, 3.63) is 59.9 Å². The molecule has 0 aromatic heterocycles. The molecule has 1 heterocycles. The van der Waals surface area contributed by atoms with Gasteiger partial charge < -0.3 is 10.1 Å². The molecule has 1 aliphatic heterocycles. The molecule has 1 atom stereocenters. The van der Waals surface area contributed by atoms with Crippen LogP contribution >= 0.6 is 0 Å². The molecule has 1 N–H and O–H groups in total. The number of piperazine rings is 1. The van der Waals surface area contributed by atoms with Gasteiger partial charge in [-0.05, 0) is 30.3 Å².